The number of carbonyl (C=O) groups is 1. The van der Waals surface area contributed by atoms with Crippen molar-refractivity contribution in [2.45, 2.75) is 19.9 Å². The normalized spacial score (nSPS) is 11.7. The van der Waals surface area contributed by atoms with Crippen molar-refractivity contribution in [3.8, 4) is 0 Å². The van der Waals surface area contributed by atoms with Crippen LogP contribution in [-0.2, 0) is 0 Å². The lowest BCUT2D eigenvalue weighted by Crippen LogP contribution is -2.31. The molecule has 0 aliphatic rings. The number of hydrogen-bond acceptors (Lipinski definition) is 1. The quantitative estimate of drug-likeness (QED) is 0.857. The zero-order chi connectivity index (χ0) is 13.7. The summed E-state index contributed by atoms with van der Waals surface area (Å²) in [6, 6.07) is 17.2. The minimum atomic E-state index is -0.193. The van der Waals surface area contributed by atoms with Crippen LogP contribution >= 0.6 is 0 Å². The molecule has 3 nitrogen and oxygen atoms in total. The van der Waals surface area contributed by atoms with Gasteiger partial charge in [0.15, 0.2) is 0 Å². The summed E-state index contributed by atoms with van der Waals surface area (Å²) in [6.45, 7) is 4.02. The van der Waals surface area contributed by atoms with Gasteiger partial charge >= 0.3 is 6.03 Å². The van der Waals surface area contributed by atoms with Gasteiger partial charge in [0.05, 0.1) is 6.04 Å². The number of carbonyl (C=O) groups excluding carboxylic acids is 1. The average Bonchev–Trinajstić information content (AvgIpc) is 2.40. The molecular formula is C16H18N2O. The summed E-state index contributed by atoms with van der Waals surface area (Å²) in [5.74, 6) is 0. The molecule has 98 valence electrons. The Morgan fingerprint density at radius 2 is 1.63 bits per heavy atom. The van der Waals surface area contributed by atoms with E-state index in [1.165, 1.54) is 5.56 Å². The Balaban J connectivity index is 1.98. The topological polar surface area (TPSA) is 41.1 Å². The van der Waals surface area contributed by atoms with Crippen molar-refractivity contribution >= 4 is 11.7 Å². The lowest BCUT2D eigenvalue weighted by molar-refractivity contribution is 0.249. The van der Waals surface area contributed by atoms with E-state index in [4.69, 9.17) is 0 Å². The van der Waals surface area contributed by atoms with Crippen LogP contribution < -0.4 is 10.6 Å². The van der Waals surface area contributed by atoms with Crippen molar-refractivity contribution in [3.05, 3.63) is 65.7 Å². The molecule has 2 aromatic rings. The second-order valence-electron chi connectivity index (χ2n) is 4.54. The number of anilines is 1. The van der Waals surface area contributed by atoms with E-state index >= 15 is 0 Å². The van der Waals surface area contributed by atoms with E-state index in [0.29, 0.717) is 0 Å². The fourth-order valence-electron chi connectivity index (χ4n) is 2.04. The Hall–Kier alpha value is -2.29. The van der Waals surface area contributed by atoms with E-state index < -0.39 is 0 Å². The summed E-state index contributed by atoms with van der Waals surface area (Å²) in [4.78, 5) is 11.9. The zero-order valence-electron chi connectivity index (χ0n) is 11.2. The highest BCUT2D eigenvalue weighted by Crippen LogP contribution is 2.16. The third-order valence-corrected chi connectivity index (χ3v) is 3.03. The summed E-state index contributed by atoms with van der Waals surface area (Å²) in [5, 5.41) is 5.75. The van der Waals surface area contributed by atoms with Crippen molar-refractivity contribution in [1.29, 1.82) is 0 Å². The van der Waals surface area contributed by atoms with E-state index in [1.807, 2.05) is 68.4 Å². The third-order valence-electron chi connectivity index (χ3n) is 3.03. The van der Waals surface area contributed by atoms with E-state index in [1.54, 1.807) is 0 Å². The molecule has 2 aromatic carbocycles. The Morgan fingerprint density at radius 3 is 2.32 bits per heavy atom. The Bertz CT molecular complexity index is 552. The number of amides is 2. The van der Waals surface area contributed by atoms with Crippen LogP contribution in [-0.4, -0.2) is 6.03 Å². The van der Waals surface area contributed by atoms with Crippen molar-refractivity contribution < 1.29 is 4.79 Å². The maximum Gasteiger partial charge on any atom is 0.319 e. The highest BCUT2D eigenvalue weighted by atomic mass is 16.2. The van der Waals surface area contributed by atoms with Gasteiger partial charge in [-0.15, -0.1) is 0 Å². The van der Waals surface area contributed by atoms with E-state index in [2.05, 4.69) is 10.6 Å². The zero-order valence-corrected chi connectivity index (χ0v) is 11.2. The molecule has 0 aliphatic carbocycles. The van der Waals surface area contributed by atoms with Crippen LogP contribution in [0.15, 0.2) is 54.6 Å². The van der Waals surface area contributed by atoms with Gasteiger partial charge in [0, 0.05) is 5.69 Å². The van der Waals surface area contributed by atoms with Crippen molar-refractivity contribution in [2.24, 2.45) is 0 Å². The molecule has 2 N–H and O–H groups in total. The molecule has 2 rings (SSSR count). The maximum absolute atomic E-state index is 11.9. The first-order chi connectivity index (χ1) is 9.16. The summed E-state index contributed by atoms with van der Waals surface area (Å²) in [5.41, 5.74) is 3.10. The fraction of sp³-hybridized carbons (Fsp3) is 0.188. The molecule has 1 atom stereocenters. The number of benzene rings is 2. The number of para-hydroxylation sites is 1. The van der Waals surface area contributed by atoms with Crippen LogP contribution in [0.1, 0.15) is 24.1 Å². The van der Waals surface area contributed by atoms with Gasteiger partial charge in [-0.1, -0.05) is 42.5 Å². The first-order valence-corrected chi connectivity index (χ1v) is 6.35. The van der Waals surface area contributed by atoms with Crippen molar-refractivity contribution in [1.82, 2.24) is 5.32 Å². The highest BCUT2D eigenvalue weighted by Gasteiger charge is 2.10. The second-order valence-corrected chi connectivity index (χ2v) is 4.54. The van der Waals surface area contributed by atoms with Crippen LogP contribution in [0.2, 0.25) is 0 Å². The van der Waals surface area contributed by atoms with Crippen LogP contribution in [0.4, 0.5) is 10.5 Å². The Kier molecular flexibility index (Phi) is 4.18. The maximum atomic E-state index is 11.9. The summed E-state index contributed by atoms with van der Waals surface area (Å²) < 4.78 is 0. The first-order valence-electron chi connectivity index (χ1n) is 6.35. The van der Waals surface area contributed by atoms with Gasteiger partial charge in [0.1, 0.15) is 0 Å². The fourth-order valence-corrected chi connectivity index (χ4v) is 2.04. The molecule has 0 bridgehead atoms. The number of urea groups is 1. The number of nitrogens with one attached hydrogen (secondary N) is 2. The smallest absolute Gasteiger partial charge is 0.319 e. The largest absolute Gasteiger partial charge is 0.331 e. The predicted molar refractivity (Wildman–Crippen MR) is 78.2 cm³/mol. The van der Waals surface area contributed by atoms with Crippen molar-refractivity contribution in [2.75, 3.05) is 5.32 Å². The van der Waals surface area contributed by atoms with Crippen LogP contribution in [0.3, 0.4) is 0 Å². The van der Waals surface area contributed by atoms with E-state index in [-0.39, 0.29) is 12.1 Å². The Morgan fingerprint density at radius 1 is 1.00 bits per heavy atom. The SMILES string of the molecule is Cc1ccccc1[C@@H](C)NC(=O)Nc1ccccc1. The average molecular weight is 254 g/mol. The minimum Gasteiger partial charge on any atom is -0.331 e. The number of aryl methyl sites for hydroxylation is 1. The van der Waals surface area contributed by atoms with Gasteiger partial charge in [-0.2, -0.15) is 0 Å². The van der Waals surface area contributed by atoms with E-state index in [9.17, 15) is 4.79 Å². The van der Waals surface area contributed by atoms with Crippen LogP contribution in [0.25, 0.3) is 0 Å². The first kappa shape index (κ1) is 13.1. The summed E-state index contributed by atoms with van der Waals surface area (Å²) in [7, 11) is 0. The second kappa shape index (κ2) is 6.05. The van der Waals surface area contributed by atoms with Gasteiger partial charge in [0.25, 0.3) is 0 Å². The monoisotopic (exact) mass is 254 g/mol. The summed E-state index contributed by atoms with van der Waals surface area (Å²) in [6.07, 6.45) is 0. The molecule has 0 spiro atoms. The molecule has 2 amide bonds. The predicted octanol–water partition coefficient (Wildman–Crippen LogP) is 3.88. The summed E-state index contributed by atoms with van der Waals surface area (Å²) >= 11 is 0. The molecule has 0 radical (unpaired) electrons. The molecule has 0 unspecified atom stereocenters. The van der Waals surface area contributed by atoms with Crippen LogP contribution in [0.5, 0.6) is 0 Å². The molecule has 0 fully saturated rings. The third kappa shape index (κ3) is 3.58. The molecule has 19 heavy (non-hydrogen) atoms. The van der Waals surface area contributed by atoms with E-state index in [0.717, 1.165) is 11.3 Å². The number of hydrogen-bond donors (Lipinski definition) is 2. The van der Waals surface area contributed by atoms with Crippen LogP contribution in [0, 0.1) is 6.92 Å². The van der Waals surface area contributed by atoms with Gasteiger partial charge in [-0.25, -0.2) is 4.79 Å². The number of rotatable bonds is 3. The van der Waals surface area contributed by atoms with Crippen molar-refractivity contribution in [3.63, 3.8) is 0 Å². The molecule has 0 aromatic heterocycles. The molecule has 0 saturated heterocycles. The standard InChI is InChI=1S/C16H18N2O/c1-12-8-6-7-11-15(12)13(2)17-16(19)18-14-9-4-3-5-10-14/h3-11,13H,1-2H3,(H2,17,18,19)/t13-/m1/s1. The molecular weight excluding hydrogens is 236 g/mol. The van der Waals surface area contributed by atoms with Gasteiger partial charge < -0.3 is 10.6 Å². The van der Waals surface area contributed by atoms with Gasteiger partial charge in [0.2, 0.25) is 0 Å². The lowest BCUT2D eigenvalue weighted by atomic mass is 10.0. The highest BCUT2D eigenvalue weighted by molar-refractivity contribution is 5.89. The molecule has 0 aliphatic heterocycles. The Labute approximate surface area is 113 Å². The minimum absolute atomic E-state index is 0.0232. The molecule has 0 saturated carbocycles. The lowest BCUT2D eigenvalue weighted by Gasteiger charge is -2.17. The molecule has 0 heterocycles. The van der Waals surface area contributed by atoms with Gasteiger partial charge in [-0.05, 0) is 37.1 Å². The molecule has 3 heteroatoms. The van der Waals surface area contributed by atoms with Gasteiger partial charge in [-0.3, -0.25) is 0 Å².